The molecule has 4 rings (SSSR count). The van der Waals surface area contributed by atoms with Crippen LogP contribution in [0, 0.1) is 5.82 Å². The average molecular weight is 502 g/mol. The first-order chi connectivity index (χ1) is 15.2. The van der Waals surface area contributed by atoms with Gasteiger partial charge in [-0.15, -0.1) is 0 Å². The van der Waals surface area contributed by atoms with Crippen LogP contribution in [0.3, 0.4) is 0 Å². The highest BCUT2D eigenvalue weighted by molar-refractivity contribution is 9.10. The highest BCUT2D eigenvalue weighted by atomic mass is 79.9. The first-order valence-corrected chi connectivity index (χ1v) is 11.9. The maximum absolute atomic E-state index is 13.5. The van der Waals surface area contributed by atoms with Crippen molar-refractivity contribution in [2.24, 2.45) is 5.73 Å². The Bertz CT molecular complexity index is 977. The maximum atomic E-state index is 13.5. The molecule has 1 heterocycles. The Labute approximate surface area is 196 Å². The molecule has 0 spiro atoms. The molecule has 1 aliphatic carbocycles. The van der Waals surface area contributed by atoms with Crippen LogP contribution in [0.2, 0.25) is 0 Å². The minimum Gasteiger partial charge on any atom is -0.343 e. The maximum Gasteiger partial charge on any atom is 0.245 e. The lowest BCUT2D eigenvalue weighted by Crippen LogP contribution is -2.56. The van der Waals surface area contributed by atoms with Gasteiger partial charge in [0.15, 0.2) is 0 Å². The lowest BCUT2D eigenvalue weighted by Gasteiger charge is -2.38. The van der Waals surface area contributed by atoms with Crippen molar-refractivity contribution in [1.82, 2.24) is 10.2 Å². The zero-order chi connectivity index (χ0) is 22.9. The predicted octanol–water partition coefficient (Wildman–Crippen LogP) is 3.69. The van der Waals surface area contributed by atoms with Gasteiger partial charge >= 0.3 is 0 Å². The van der Waals surface area contributed by atoms with E-state index in [4.69, 9.17) is 5.73 Å². The highest BCUT2D eigenvalue weighted by Gasteiger charge is 2.52. The monoisotopic (exact) mass is 501 g/mol. The highest BCUT2D eigenvalue weighted by Crippen LogP contribution is 2.48. The van der Waals surface area contributed by atoms with E-state index in [0.29, 0.717) is 32.4 Å². The number of nitrogens with one attached hydrogen (secondary N) is 1. The van der Waals surface area contributed by atoms with Crippen molar-refractivity contribution < 1.29 is 14.0 Å². The molecule has 5 nitrogen and oxygen atoms in total. The summed E-state index contributed by atoms with van der Waals surface area (Å²) in [5, 5.41) is 3.05. The fourth-order valence-corrected chi connectivity index (χ4v) is 4.62. The fourth-order valence-electron chi connectivity index (χ4n) is 4.35. The summed E-state index contributed by atoms with van der Waals surface area (Å²) in [4.78, 5) is 28.6. The molecule has 2 aliphatic rings. The molecule has 1 aliphatic heterocycles. The van der Waals surface area contributed by atoms with E-state index in [0.717, 1.165) is 28.4 Å². The summed E-state index contributed by atoms with van der Waals surface area (Å²) in [6.45, 7) is 3.18. The number of nitrogens with zero attached hydrogens (tertiary/aromatic N) is 1. The number of hydrogen-bond donors (Lipinski definition) is 2. The molecule has 0 radical (unpaired) electrons. The number of halogens is 2. The third-order valence-corrected chi connectivity index (χ3v) is 7.28. The number of amides is 2. The Morgan fingerprint density at radius 2 is 1.66 bits per heavy atom. The second-order valence-corrected chi connectivity index (χ2v) is 10.3. The minimum absolute atomic E-state index is 0.0772. The van der Waals surface area contributed by atoms with Crippen LogP contribution in [0.1, 0.15) is 43.7 Å². The van der Waals surface area contributed by atoms with Gasteiger partial charge in [0.25, 0.3) is 0 Å². The van der Waals surface area contributed by atoms with Crippen LogP contribution in [0.5, 0.6) is 0 Å². The molecule has 0 unspecified atom stereocenters. The van der Waals surface area contributed by atoms with E-state index >= 15 is 0 Å². The molecule has 2 aromatic rings. The third-order valence-electron chi connectivity index (χ3n) is 6.76. The Morgan fingerprint density at radius 1 is 1.06 bits per heavy atom. The molecule has 170 valence electrons. The van der Waals surface area contributed by atoms with E-state index in [2.05, 4.69) is 21.2 Å². The molecule has 7 heteroatoms. The Kier molecular flexibility index (Phi) is 6.41. The van der Waals surface area contributed by atoms with Crippen molar-refractivity contribution >= 4 is 27.7 Å². The van der Waals surface area contributed by atoms with Crippen molar-refractivity contribution in [3.8, 4) is 0 Å². The van der Waals surface area contributed by atoms with Gasteiger partial charge in [0.2, 0.25) is 11.8 Å². The summed E-state index contributed by atoms with van der Waals surface area (Å²) in [6, 6.07) is 13.2. The van der Waals surface area contributed by atoms with E-state index in [-0.39, 0.29) is 23.2 Å². The van der Waals surface area contributed by atoms with E-state index < -0.39 is 11.5 Å². The number of benzene rings is 2. The summed E-state index contributed by atoms with van der Waals surface area (Å²) >= 11 is 3.44. The minimum atomic E-state index is -0.677. The molecule has 1 atom stereocenters. The number of rotatable bonds is 6. The predicted molar refractivity (Wildman–Crippen MR) is 125 cm³/mol. The molecule has 0 aromatic heterocycles. The van der Waals surface area contributed by atoms with Gasteiger partial charge in [0.1, 0.15) is 11.9 Å². The summed E-state index contributed by atoms with van der Waals surface area (Å²) in [7, 11) is 0. The lowest BCUT2D eigenvalue weighted by atomic mass is 9.90. The van der Waals surface area contributed by atoms with E-state index in [9.17, 15) is 14.0 Å². The van der Waals surface area contributed by atoms with Gasteiger partial charge in [-0.25, -0.2) is 4.39 Å². The van der Waals surface area contributed by atoms with Crippen LogP contribution in [0.25, 0.3) is 0 Å². The standard InChI is InChI=1S/C25H29BrFN3O2/c1-24(28)12-14-30(15-13-24)22(31)21(16-17-2-6-19(26)7-3-17)29-23(32)25(10-11-25)18-4-8-20(27)9-5-18/h2-9,21H,10-16,28H2,1H3,(H,29,32)/t21-/m0/s1. The normalized spacial score (nSPS) is 19.8. The van der Waals surface area contributed by atoms with Gasteiger partial charge in [-0.2, -0.15) is 0 Å². The Hall–Kier alpha value is -2.25. The Morgan fingerprint density at radius 3 is 2.22 bits per heavy atom. The van der Waals surface area contributed by atoms with Crippen molar-refractivity contribution in [2.45, 2.75) is 56.0 Å². The number of likely N-dealkylation sites (tertiary alicyclic amines) is 1. The molecule has 2 fully saturated rings. The van der Waals surface area contributed by atoms with Crippen molar-refractivity contribution in [3.05, 3.63) is 69.9 Å². The van der Waals surface area contributed by atoms with Gasteiger partial charge in [-0.3, -0.25) is 9.59 Å². The Balaban J connectivity index is 1.53. The zero-order valence-electron chi connectivity index (χ0n) is 18.2. The van der Waals surface area contributed by atoms with E-state index in [1.807, 2.05) is 36.1 Å². The van der Waals surface area contributed by atoms with Crippen LogP contribution in [0.4, 0.5) is 4.39 Å². The first kappa shape index (κ1) is 22.9. The summed E-state index contributed by atoms with van der Waals surface area (Å²) in [5.41, 5.74) is 7.06. The number of carbonyl (C=O) groups is 2. The third kappa shape index (κ3) is 5.04. The molecule has 2 aromatic carbocycles. The SMILES string of the molecule is CC1(N)CCN(C(=O)[C@H](Cc2ccc(Br)cc2)NC(=O)C2(c3ccc(F)cc3)CC2)CC1. The van der Waals surface area contributed by atoms with Crippen LogP contribution in [-0.2, 0) is 21.4 Å². The molecule has 1 saturated heterocycles. The van der Waals surface area contributed by atoms with Crippen molar-refractivity contribution in [3.63, 3.8) is 0 Å². The molecule has 1 saturated carbocycles. The molecule has 2 amide bonds. The van der Waals surface area contributed by atoms with Crippen LogP contribution in [0.15, 0.2) is 53.0 Å². The van der Waals surface area contributed by atoms with Gasteiger partial charge in [-0.05, 0) is 68.0 Å². The van der Waals surface area contributed by atoms with Gasteiger partial charge in [0.05, 0.1) is 5.41 Å². The second kappa shape index (κ2) is 8.94. The fraction of sp³-hybridized carbons (Fsp3) is 0.440. The van der Waals surface area contributed by atoms with Crippen LogP contribution < -0.4 is 11.1 Å². The summed E-state index contributed by atoms with van der Waals surface area (Å²) in [6.07, 6.45) is 3.26. The first-order valence-electron chi connectivity index (χ1n) is 11.1. The molecule has 3 N–H and O–H groups in total. The topological polar surface area (TPSA) is 75.4 Å². The van der Waals surface area contributed by atoms with Crippen molar-refractivity contribution in [2.75, 3.05) is 13.1 Å². The molecule has 0 bridgehead atoms. The quantitative estimate of drug-likeness (QED) is 0.633. The second-order valence-electron chi connectivity index (χ2n) is 9.42. The van der Waals surface area contributed by atoms with E-state index in [1.165, 1.54) is 12.1 Å². The van der Waals surface area contributed by atoms with Crippen LogP contribution >= 0.6 is 15.9 Å². The molecule has 32 heavy (non-hydrogen) atoms. The van der Waals surface area contributed by atoms with Crippen LogP contribution in [-0.4, -0.2) is 41.4 Å². The number of nitrogens with two attached hydrogens (primary N) is 1. The largest absolute Gasteiger partial charge is 0.343 e. The van der Waals surface area contributed by atoms with Gasteiger partial charge in [0, 0.05) is 29.5 Å². The van der Waals surface area contributed by atoms with E-state index in [1.54, 1.807) is 12.1 Å². The molecular formula is C25H29BrFN3O2. The van der Waals surface area contributed by atoms with Gasteiger partial charge < -0.3 is 16.0 Å². The average Bonchev–Trinajstić information content (AvgIpc) is 3.57. The molecular weight excluding hydrogens is 473 g/mol. The van der Waals surface area contributed by atoms with Crippen molar-refractivity contribution in [1.29, 1.82) is 0 Å². The lowest BCUT2D eigenvalue weighted by molar-refractivity contribution is -0.138. The smallest absolute Gasteiger partial charge is 0.245 e. The van der Waals surface area contributed by atoms with Gasteiger partial charge in [-0.1, -0.05) is 40.2 Å². The number of carbonyl (C=O) groups excluding carboxylic acids is 2. The number of hydrogen-bond acceptors (Lipinski definition) is 3. The zero-order valence-corrected chi connectivity index (χ0v) is 19.8. The number of piperidine rings is 1. The summed E-state index contributed by atoms with van der Waals surface area (Å²) in [5.74, 6) is -0.572. The summed E-state index contributed by atoms with van der Waals surface area (Å²) < 4.78 is 14.3.